The molecule has 2 aromatic rings. The number of carbonyl (C=O) groups is 1. The molecule has 2 N–H and O–H groups in total. The Morgan fingerprint density at radius 2 is 2.04 bits per heavy atom. The molecule has 2 aromatic carbocycles. The van der Waals surface area contributed by atoms with Gasteiger partial charge in [-0.1, -0.05) is 41.9 Å². The van der Waals surface area contributed by atoms with Gasteiger partial charge in [-0.2, -0.15) is 5.26 Å². The maximum atomic E-state index is 12.1. The molecule has 0 radical (unpaired) electrons. The van der Waals surface area contributed by atoms with Crippen molar-refractivity contribution in [2.24, 2.45) is 0 Å². The van der Waals surface area contributed by atoms with Crippen LogP contribution in [0, 0.1) is 18.3 Å². The lowest BCUT2D eigenvalue weighted by Gasteiger charge is -2.07. The average molecular weight is 326 g/mol. The third-order valence-corrected chi connectivity index (χ3v) is 3.44. The minimum atomic E-state index is -0.444. The summed E-state index contributed by atoms with van der Waals surface area (Å²) in [7, 11) is 0. The summed E-state index contributed by atoms with van der Waals surface area (Å²) in [5.41, 5.74) is 2.60. The summed E-state index contributed by atoms with van der Waals surface area (Å²) in [4.78, 5) is 12.1. The maximum absolute atomic E-state index is 12.1. The molecule has 0 saturated heterocycles. The van der Waals surface area contributed by atoms with E-state index in [0.29, 0.717) is 17.3 Å². The summed E-state index contributed by atoms with van der Waals surface area (Å²) < 4.78 is 0. The Balaban J connectivity index is 2.00. The summed E-state index contributed by atoms with van der Waals surface area (Å²) >= 11 is 5.91. The van der Waals surface area contributed by atoms with Crippen molar-refractivity contribution in [2.45, 2.75) is 13.5 Å². The summed E-state index contributed by atoms with van der Waals surface area (Å²) in [6.07, 6.45) is 1.41. The molecule has 2 rings (SSSR count). The van der Waals surface area contributed by atoms with Crippen LogP contribution in [0.2, 0.25) is 5.02 Å². The third kappa shape index (κ3) is 4.87. The number of nitriles is 1. The van der Waals surface area contributed by atoms with E-state index in [9.17, 15) is 4.79 Å². The van der Waals surface area contributed by atoms with Gasteiger partial charge in [-0.05, 0) is 36.2 Å². The van der Waals surface area contributed by atoms with E-state index in [-0.39, 0.29) is 5.57 Å². The van der Waals surface area contributed by atoms with Gasteiger partial charge in [0.25, 0.3) is 5.91 Å². The highest BCUT2D eigenvalue weighted by Gasteiger charge is 2.10. The van der Waals surface area contributed by atoms with Crippen LogP contribution in [0.4, 0.5) is 5.69 Å². The number of nitrogens with zero attached hydrogens (tertiary/aromatic N) is 1. The second-order valence-corrected chi connectivity index (χ2v) is 5.39. The monoisotopic (exact) mass is 325 g/mol. The molecule has 23 heavy (non-hydrogen) atoms. The molecule has 0 spiro atoms. The first kappa shape index (κ1) is 16.6. The summed E-state index contributed by atoms with van der Waals surface area (Å²) in [5.74, 6) is -0.444. The first-order valence-corrected chi connectivity index (χ1v) is 7.43. The zero-order valence-electron chi connectivity index (χ0n) is 12.6. The van der Waals surface area contributed by atoms with Gasteiger partial charge in [-0.3, -0.25) is 4.79 Å². The topological polar surface area (TPSA) is 64.9 Å². The smallest absolute Gasteiger partial charge is 0.267 e. The van der Waals surface area contributed by atoms with Gasteiger partial charge < -0.3 is 10.6 Å². The first-order valence-electron chi connectivity index (χ1n) is 7.05. The van der Waals surface area contributed by atoms with Gasteiger partial charge in [0.05, 0.1) is 0 Å². The lowest BCUT2D eigenvalue weighted by atomic mass is 10.2. The molecular weight excluding hydrogens is 310 g/mol. The molecule has 1 amide bonds. The van der Waals surface area contributed by atoms with E-state index in [0.717, 1.165) is 11.1 Å². The van der Waals surface area contributed by atoms with Crippen LogP contribution in [0.1, 0.15) is 11.1 Å². The number of hydrogen-bond donors (Lipinski definition) is 2. The van der Waals surface area contributed by atoms with Gasteiger partial charge >= 0.3 is 0 Å². The number of amides is 1. The van der Waals surface area contributed by atoms with Crippen molar-refractivity contribution >= 4 is 23.2 Å². The van der Waals surface area contributed by atoms with E-state index in [1.807, 2.05) is 49.4 Å². The Morgan fingerprint density at radius 1 is 1.26 bits per heavy atom. The second-order valence-electron chi connectivity index (χ2n) is 4.95. The van der Waals surface area contributed by atoms with Crippen molar-refractivity contribution in [3.8, 4) is 6.07 Å². The van der Waals surface area contributed by atoms with Gasteiger partial charge in [-0.25, -0.2) is 0 Å². The van der Waals surface area contributed by atoms with Crippen LogP contribution in [0.25, 0.3) is 0 Å². The number of hydrogen-bond acceptors (Lipinski definition) is 3. The summed E-state index contributed by atoms with van der Waals surface area (Å²) in [6.45, 7) is 2.37. The van der Waals surface area contributed by atoms with Crippen molar-refractivity contribution in [3.05, 3.63) is 76.5 Å². The molecule has 0 unspecified atom stereocenters. The second kappa shape index (κ2) is 8.02. The number of benzene rings is 2. The van der Waals surface area contributed by atoms with Crippen molar-refractivity contribution < 1.29 is 4.79 Å². The van der Waals surface area contributed by atoms with Crippen LogP contribution in [0.3, 0.4) is 0 Å². The number of anilines is 1. The zero-order chi connectivity index (χ0) is 16.7. The normalized spacial score (nSPS) is 10.7. The number of aryl methyl sites for hydroxylation is 1. The van der Waals surface area contributed by atoms with E-state index in [1.165, 1.54) is 6.20 Å². The highest BCUT2D eigenvalue weighted by molar-refractivity contribution is 6.30. The third-order valence-electron chi connectivity index (χ3n) is 3.20. The fraction of sp³-hybridized carbons (Fsp3) is 0.111. The van der Waals surface area contributed by atoms with Crippen LogP contribution < -0.4 is 10.6 Å². The molecule has 0 heterocycles. The lowest BCUT2D eigenvalue weighted by molar-refractivity contribution is -0.112. The van der Waals surface area contributed by atoms with Crippen LogP contribution in [-0.2, 0) is 11.3 Å². The number of carbonyl (C=O) groups excluding carboxylic acids is 1. The number of nitrogens with one attached hydrogen (secondary N) is 2. The Bertz CT molecular complexity index is 778. The van der Waals surface area contributed by atoms with E-state index in [2.05, 4.69) is 10.6 Å². The van der Waals surface area contributed by atoms with E-state index in [1.54, 1.807) is 12.1 Å². The minimum Gasteiger partial charge on any atom is -0.386 e. The van der Waals surface area contributed by atoms with Crippen LogP contribution in [0.5, 0.6) is 0 Å². The Labute approximate surface area is 140 Å². The van der Waals surface area contributed by atoms with Crippen molar-refractivity contribution in [1.82, 2.24) is 5.32 Å². The maximum Gasteiger partial charge on any atom is 0.267 e. The predicted molar refractivity (Wildman–Crippen MR) is 91.8 cm³/mol. The predicted octanol–water partition coefficient (Wildman–Crippen LogP) is 3.78. The van der Waals surface area contributed by atoms with Gasteiger partial charge in [0, 0.05) is 23.5 Å². The van der Waals surface area contributed by atoms with Crippen LogP contribution >= 0.6 is 11.6 Å². The largest absolute Gasteiger partial charge is 0.386 e. The fourth-order valence-corrected chi connectivity index (χ4v) is 2.18. The van der Waals surface area contributed by atoms with Gasteiger partial charge in [0.1, 0.15) is 11.6 Å². The molecule has 0 atom stereocenters. The van der Waals surface area contributed by atoms with E-state index < -0.39 is 5.91 Å². The molecule has 0 saturated carbocycles. The molecule has 0 aromatic heterocycles. The zero-order valence-corrected chi connectivity index (χ0v) is 13.4. The van der Waals surface area contributed by atoms with Gasteiger partial charge in [0.15, 0.2) is 0 Å². The number of halogens is 1. The van der Waals surface area contributed by atoms with Gasteiger partial charge in [0.2, 0.25) is 0 Å². The highest BCUT2D eigenvalue weighted by atomic mass is 35.5. The molecule has 5 heteroatoms. The molecule has 0 aliphatic carbocycles. The average Bonchev–Trinajstić information content (AvgIpc) is 2.54. The van der Waals surface area contributed by atoms with Crippen molar-refractivity contribution in [2.75, 3.05) is 5.32 Å². The van der Waals surface area contributed by atoms with Crippen LogP contribution in [0.15, 0.2) is 60.3 Å². The van der Waals surface area contributed by atoms with Crippen molar-refractivity contribution in [3.63, 3.8) is 0 Å². The standard InChI is InChI=1S/C18H16ClN3O/c1-13-5-2-3-8-17(13)22-18(23)15(10-20)12-21-11-14-6-4-7-16(19)9-14/h2-9,12,21H,11H2,1H3,(H,22,23)/b15-12-. The molecule has 4 nitrogen and oxygen atoms in total. The quantitative estimate of drug-likeness (QED) is 0.649. The number of rotatable bonds is 5. The number of para-hydroxylation sites is 1. The first-order chi connectivity index (χ1) is 11.1. The molecule has 0 aliphatic rings. The Kier molecular flexibility index (Phi) is 5.79. The SMILES string of the molecule is Cc1ccccc1NC(=O)/C(C#N)=C\NCc1cccc(Cl)c1. The molecule has 0 fully saturated rings. The molecule has 116 valence electrons. The molecular formula is C18H16ClN3O. The molecule has 0 bridgehead atoms. The van der Waals surface area contributed by atoms with E-state index >= 15 is 0 Å². The Hall–Kier alpha value is -2.77. The van der Waals surface area contributed by atoms with Crippen LogP contribution in [-0.4, -0.2) is 5.91 Å². The minimum absolute atomic E-state index is 0.00952. The Morgan fingerprint density at radius 3 is 2.74 bits per heavy atom. The summed E-state index contributed by atoms with van der Waals surface area (Å²) in [5, 5.41) is 15.5. The molecule has 0 aliphatic heterocycles. The highest BCUT2D eigenvalue weighted by Crippen LogP contribution is 2.14. The van der Waals surface area contributed by atoms with Crippen molar-refractivity contribution in [1.29, 1.82) is 5.26 Å². The lowest BCUT2D eigenvalue weighted by Crippen LogP contribution is -2.17. The fourth-order valence-electron chi connectivity index (χ4n) is 1.97. The van der Waals surface area contributed by atoms with Gasteiger partial charge in [-0.15, -0.1) is 0 Å². The van der Waals surface area contributed by atoms with E-state index in [4.69, 9.17) is 16.9 Å². The summed E-state index contributed by atoms with van der Waals surface area (Å²) in [6, 6.07) is 16.7.